The highest BCUT2D eigenvalue weighted by atomic mass is 35.5. The van der Waals surface area contributed by atoms with Gasteiger partial charge in [0.05, 0.1) is 6.67 Å². The summed E-state index contributed by atoms with van der Waals surface area (Å²) in [7, 11) is 0. The van der Waals surface area contributed by atoms with Crippen molar-refractivity contribution in [3.8, 4) is 0 Å². The lowest BCUT2D eigenvalue weighted by Crippen LogP contribution is -2.21. The molecule has 76 valence electrons. The second kappa shape index (κ2) is 4.09. The fourth-order valence-electron chi connectivity index (χ4n) is 1.66. The summed E-state index contributed by atoms with van der Waals surface area (Å²) in [5, 5.41) is 0.429. The Morgan fingerprint density at radius 3 is 3.07 bits per heavy atom. The minimum Gasteiger partial charge on any atom is -0.356 e. The van der Waals surface area contributed by atoms with Crippen LogP contribution >= 0.6 is 11.6 Å². The lowest BCUT2D eigenvalue weighted by atomic mass is 10.1. The molecule has 0 spiro atoms. The van der Waals surface area contributed by atoms with Gasteiger partial charge in [-0.2, -0.15) is 0 Å². The maximum Gasteiger partial charge on any atom is 0.134 e. The molecule has 0 amide bonds. The van der Waals surface area contributed by atoms with Gasteiger partial charge in [-0.25, -0.2) is 9.97 Å². The van der Waals surface area contributed by atoms with Gasteiger partial charge >= 0.3 is 0 Å². The van der Waals surface area contributed by atoms with Crippen LogP contribution in [0, 0.1) is 5.92 Å². The maximum atomic E-state index is 12.4. The molecule has 0 aromatic carbocycles. The van der Waals surface area contributed by atoms with Crippen LogP contribution in [0.1, 0.15) is 6.42 Å². The van der Waals surface area contributed by atoms with E-state index in [2.05, 4.69) is 9.97 Å². The molecule has 1 aliphatic heterocycles. The summed E-state index contributed by atoms with van der Waals surface area (Å²) in [6, 6.07) is 1.71. The first kappa shape index (κ1) is 9.65. The molecule has 1 saturated heterocycles. The van der Waals surface area contributed by atoms with Crippen molar-refractivity contribution < 1.29 is 4.39 Å². The maximum absolute atomic E-state index is 12.4. The van der Waals surface area contributed by atoms with Crippen LogP contribution in [0.3, 0.4) is 0 Å². The lowest BCUT2D eigenvalue weighted by molar-refractivity contribution is 0.384. The minimum atomic E-state index is -0.255. The van der Waals surface area contributed by atoms with Gasteiger partial charge in [0.1, 0.15) is 17.3 Å². The van der Waals surface area contributed by atoms with Gasteiger partial charge < -0.3 is 4.90 Å². The third-order valence-electron chi connectivity index (χ3n) is 2.45. The topological polar surface area (TPSA) is 29.0 Å². The molecule has 1 atom stereocenters. The highest BCUT2D eigenvalue weighted by Crippen LogP contribution is 2.23. The van der Waals surface area contributed by atoms with E-state index in [0.29, 0.717) is 5.15 Å². The van der Waals surface area contributed by atoms with Crippen molar-refractivity contribution >= 4 is 17.4 Å². The van der Waals surface area contributed by atoms with Crippen LogP contribution in [0.2, 0.25) is 5.15 Å². The third kappa shape index (κ3) is 1.95. The SMILES string of the molecule is FCC1CCN(c2cc(Cl)ncn2)C1. The van der Waals surface area contributed by atoms with Crippen molar-refractivity contribution in [3.63, 3.8) is 0 Å². The first-order valence-corrected chi connectivity index (χ1v) is 4.96. The Morgan fingerprint density at radius 2 is 2.43 bits per heavy atom. The van der Waals surface area contributed by atoms with Crippen LogP contribution in [0.25, 0.3) is 0 Å². The summed E-state index contributed by atoms with van der Waals surface area (Å²) >= 11 is 5.74. The van der Waals surface area contributed by atoms with Crippen molar-refractivity contribution in [1.29, 1.82) is 0 Å². The van der Waals surface area contributed by atoms with Crippen molar-refractivity contribution in [1.82, 2.24) is 9.97 Å². The Balaban J connectivity index is 2.09. The minimum absolute atomic E-state index is 0.142. The summed E-state index contributed by atoms with van der Waals surface area (Å²) in [4.78, 5) is 9.94. The molecule has 3 nitrogen and oxygen atoms in total. The second-order valence-corrected chi connectivity index (χ2v) is 3.84. The van der Waals surface area contributed by atoms with Gasteiger partial charge in [-0.1, -0.05) is 11.6 Å². The molecule has 5 heteroatoms. The van der Waals surface area contributed by atoms with Crippen LogP contribution in [0.5, 0.6) is 0 Å². The third-order valence-corrected chi connectivity index (χ3v) is 2.65. The molecule has 2 rings (SSSR count). The van der Waals surface area contributed by atoms with Gasteiger partial charge in [0.25, 0.3) is 0 Å². The molecule has 14 heavy (non-hydrogen) atoms. The van der Waals surface area contributed by atoms with Crippen molar-refractivity contribution in [2.45, 2.75) is 6.42 Å². The van der Waals surface area contributed by atoms with Crippen LogP contribution in [-0.4, -0.2) is 29.7 Å². The molecule has 0 saturated carbocycles. The Kier molecular flexibility index (Phi) is 2.82. The molecule has 0 aliphatic carbocycles. The zero-order valence-electron chi connectivity index (χ0n) is 7.66. The van der Waals surface area contributed by atoms with Crippen LogP contribution in [-0.2, 0) is 0 Å². The van der Waals surface area contributed by atoms with Gasteiger partial charge in [0.15, 0.2) is 0 Å². The standard InChI is InChI=1S/C9H11ClFN3/c10-8-3-9(13-6-12-8)14-2-1-7(4-11)5-14/h3,6-7H,1-2,4-5H2. The van der Waals surface area contributed by atoms with Gasteiger partial charge in [-0.3, -0.25) is 4.39 Å². The Bertz CT molecular complexity index is 321. The molecule has 1 aromatic rings. The molecule has 1 aromatic heterocycles. The molecule has 0 bridgehead atoms. The van der Waals surface area contributed by atoms with Crippen molar-refractivity contribution in [2.24, 2.45) is 5.92 Å². The highest BCUT2D eigenvalue weighted by molar-refractivity contribution is 6.29. The first-order chi connectivity index (χ1) is 6.79. The molecule has 1 aliphatic rings. The van der Waals surface area contributed by atoms with Crippen molar-refractivity contribution in [3.05, 3.63) is 17.5 Å². The molecule has 1 fully saturated rings. The van der Waals surface area contributed by atoms with E-state index in [0.717, 1.165) is 25.3 Å². The summed E-state index contributed by atoms with van der Waals surface area (Å²) in [5.41, 5.74) is 0. The number of nitrogens with zero attached hydrogens (tertiary/aromatic N) is 3. The molecule has 2 heterocycles. The normalized spacial score (nSPS) is 21.6. The van der Waals surface area contributed by atoms with E-state index in [-0.39, 0.29) is 12.6 Å². The van der Waals surface area contributed by atoms with Crippen LogP contribution in [0.4, 0.5) is 10.2 Å². The summed E-state index contributed by atoms with van der Waals surface area (Å²) < 4.78 is 12.4. The Hall–Kier alpha value is -0.900. The van der Waals surface area contributed by atoms with Gasteiger partial charge in [-0.05, 0) is 6.42 Å². The predicted molar refractivity (Wildman–Crippen MR) is 53.3 cm³/mol. The average molecular weight is 216 g/mol. The summed E-state index contributed by atoms with van der Waals surface area (Å²) in [5.74, 6) is 0.935. The van der Waals surface area contributed by atoms with E-state index >= 15 is 0 Å². The van der Waals surface area contributed by atoms with Gasteiger partial charge in [0, 0.05) is 25.1 Å². The quantitative estimate of drug-likeness (QED) is 0.706. The van der Waals surface area contributed by atoms with E-state index in [1.54, 1.807) is 6.07 Å². The fourth-order valence-corrected chi connectivity index (χ4v) is 1.81. The van der Waals surface area contributed by atoms with Crippen LogP contribution < -0.4 is 4.90 Å². The van der Waals surface area contributed by atoms with E-state index < -0.39 is 0 Å². The number of aromatic nitrogens is 2. The van der Waals surface area contributed by atoms with E-state index in [4.69, 9.17) is 11.6 Å². The van der Waals surface area contributed by atoms with E-state index in [1.807, 2.05) is 4.90 Å². The molecular formula is C9H11ClFN3. The first-order valence-electron chi connectivity index (χ1n) is 4.58. The zero-order chi connectivity index (χ0) is 9.97. The molecule has 0 N–H and O–H groups in total. The molecule has 1 unspecified atom stereocenters. The number of hydrogen-bond donors (Lipinski definition) is 0. The zero-order valence-corrected chi connectivity index (χ0v) is 8.41. The smallest absolute Gasteiger partial charge is 0.134 e. The van der Waals surface area contributed by atoms with E-state index in [9.17, 15) is 4.39 Å². The monoisotopic (exact) mass is 215 g/mol. The summed E-state index contributed by atoms with van der Waals surface area (Å²) in [6.45, 7) is 1.32. The largest absolute Gasteiger partial charge is 0.356 e. The number of anilines is 1. The lowest BCUT2D eigenvalue weighted by Gasteiger charge is -2.16. The number of hydrogen-bond acceptors (Lipinski definition) is 3. The number of rotatable bonds is 2. The average Bonchev–Trinajstić information content (AvgIpc) is 2.66. The number of halogens is 2. The summed E-state index contributed by atoms with van der Waals surface area (Å²) in [6.07, 6.45) is 2.32. The van der Waals surface area contributed by atoms with Crippen LogP contribution in [0.15, 0.2) is 12.4 Å². The van der Waals surface area contributed by atoms with E-state index in [1.165, 1.54) is 6.33 Å². The molecule has 0 radical (unpaired) electrons. The Morgan fingerprint density at radius 1 is 1.57 bits per heavy atom. The predicted octanol–water partition coefficient (Wildman–Crippen LogP) is 1.93. The highest BCUT2D eigenvalue weighted by Gasteiger charge is 2.23. The van der Waals surface area contributed by atoms with Gasteiger partial charge in [-0.15, -0.1) is 0 Å². The Labute approximate surface area is 86.9 Å². The number of alkyl halides is 1. The molecular weight excluding hydrogens is 205 g/mol. The second-order valence-electron chi connectivity index (χ2n) is 3.45. The van der Waals surface area contributed by atoms with Crippen molar-refractivity contribution in [2.75, 3.05) is 24.7 Å². The van der Waals surface area contributed by atoms with Gasteiger partial charge in [0.2, 0.25) is 0 Å². The fraction of sp³-hybridized carbons (Fsp3) is 0.556.